The van der Waals surface area contributed by atoms with Gasteiger partial charge in [-0.25, -0.2) is 0 Å². The smallest absolute Gasteiger partial charge is 0.303 e. The second-order valence-electron chi connectivity index (χ2n) is 11.4. The van der Waals surface area contributed by atoms with Crippen LogP contribution < -0.4 is 0 Å². The first-order valence-electron chi connectivity index (χ1n) is 12.0. The molecule has 30 heavy (non-hydrogen) atoms. The highest BCUT2D eigenvalue weighted by Crippen LogP contribution is 2.67. The van der Waals surface area contributed by atoms with Crippen molar-refractivity contribution in [2.24, 2.45) is 40.4 Å². The van der Waals surface area contributed by atoms with Gasteiger partial charge in [0.25, 0.3) is 0 Å². The first kappa shape index (κ1) is 22.5. The highest BCUT2D eigenvalue weighted by Gasteiger charge is 2.63. The standard InChI is InChI=1S/C24H40O6/c1-23-9-7-14(25)11-13(23)12-19(27)21-15-3-4-17(24(15,2)10-8-16(21)23)22(30)18(26)5-6-20(28)29/h13-19,21-22,25-27,30H,3-12H2,1-2H3,(H,28,29). The van der Waals surface area contributed by atoms with E-state index in [2.05, 4.69) is 13.8 Å². The molecule has 0 saturated heterocycles. The third kappa shape index (κ3) is 3.52. The number of aliphatic hydroxyl groups excluding tert-OH is 4. The minimum atomic E-state index is -1.02. The molecule has 0 radical (unpaired) electrons. The fourth-order valence-electron chi connectivity index (χ4n) is 8.51. The average molecular weight is 425 g/mol. The first-order valence-corrected chi connectivity index (χ1v) is 12.0. The zero-order chi connectivity index (χ0) is 21.8. The molecule has 0 aromatic heterocycles. The van der Waals surface area contributed by atoms with Gasteiger partial charge in [-0.05, 0) is 98.2 Å². The van der Waals surface area contributed by atoms with E-state index in [-0.39, 0.29) is 47.7 Å². The van der Waals surface area contributed by atoms with Crippen molar-refractivity contribution in [1.29, 1.82) is 0 Å². The SMILES string of the molecule is CC12CCC(O)CC1CC(O)C1C2CCC2(C)C(C(O)C(O)CCC(=O)O)CCC12. The molecule has 0 bridgehead atoms. The lowest BCUT2D eigenvalue weighted by molar-refractivity contribution is -0.179. The van der Waals surface area contributed by atoms with E-state index in [0.717, 1.165) is 51.4 Å². The summed E-state index contributed by atoms with van der Waals surface area (Å²) in [5.74, 6) is 0.351. The number of rotatable bonds is 5. The van der Waals surface area contributed by atoms with Gasteiger partial charge in [-0.15, -0.1) is 0 Å². The number of fused-ring (bicyclic) bond motifs is 5. The maximum atomic E-state index is 11.2. The van der Waals surface area contributed by atoms with Crippen LogP contribution in [0.3, 0.4) is 0 Å². The molecule has 0 spiro atoms. The molecule has 4 aliphatic rings. The Kier molecular flexibility index (Phi) is 6.02. The molecule has 5 N–H and O–H groups in total. The van der Waals surface area contributed by atoms with Crippen LogP contribution in [0.25, 0.3) is 0 Å². The van der Waals surface area contributed by atoms with Gasteiger partial charge >= 0.3 is 5.97 Å². The molecule has 0 heterocycles. The summed E-state index contributed by atoms with van der Waals surface area (Å²) in [6.45, 7) is 4.61. The molecule has 6 nitrogen and oxygen atoms in total. The zero-order valence-corrected chi connectivity index (χ0v) is 18.4. The molecule has 4 aliphatic carbocycles. The average Bonchev–Trinajstić information content (AvgIpc) is 3.04. The van der Waals surface area contributed by atoms with E-state index in [0.29, 0.717) is 17.8 Å². The van der Waals surface area contributed by atoms with Crippen molar-refractivity contribution in [2.75, 3.05) is 0 Å². The molecule has 4 rings (SSSR count). The second kappa shape index (κ2) is 8.02. The van der Waals surface area contributed by atoms with Gasteiger partial charge in [0.1, 0.15) is 0 Å². The Morgan fingerprint density at radius 1 is 0.967 bits per heavy atom. The summed E-state index contributed by atoms with van der Waals surface area (Å²) in [4.78, 5) is 10.9. The number of hydrogen-bond acceptors (Lipinski definition) is 5. The fourth-order valence-corrected chi connectivity index (χ4v) is 8.51. The molecule has 172 valence electrons. The number of aliphatic hydroxyl groups is 4. The van der Waals surface area contributed by atoms with Gasteiger partial charge in [-0.2, -0.15) is 0 Å². The van der Waals surface area contributed by atoms with E-state index < -0.39 is 18.2 Å². The predicted molar refractivity (Wildman–Crippen MR) is 111 cm³/mol. The van der Waals surface area contributed by atoms with Gasteiger partial charge in [0, 0.05) is 6.42 Å². The van der Waals surface area contributed by atoms with E-state index in [9.17, 15) is 25.2 Å². The molecule has 11 unspecified atom stereocenters. The number of carbonyl (C=O) groups is 1. The zero-order valence-electron chi connectivity index (χ0n) is 18.4. The molecular formula is C24H40O6. The molecule has 6 heteroatoms. The normalized spacial score (nSPS) is 50.1. The topological polar surface area (TPSA) is 118 Å². The van der Waals surface area contributed by atoms with E-state index in [1.807, 2.05) is 0 Å². The Morgan fingerprint density at radius 2 is 1.63 bits per heavy atom. The Hall–Kier alpha value is -0.690. The van der Waals surface area contributed by atoms with Crippen molar-refractivity contribution in [3.8, 4) is 0 Å². The van der Waals surface area contributed by atoms with Crippen LogP contribution in [0.1, 0.15) is 78.1 Å². The number of hydrogen-bond donors (Lipinski definition) is 5. The van der Waals surface area contributed by atoms with Crippen LogP contribution in [0.2, 0.25) is 0 Å². The lowest BCUT2D eigenvalue weighted by Crippen LogP contribution is -2.59. The van der Waals surface area contributed by atoms with Crippen molar-refractivity contribution < 1.29 is 30.3 Å². The molecular weight excluding hydrogens is 384 g/mol. The van der Waals surface area contributed by atoms with Crippen molar-refractivity contribution >= 4 is 5.97 Å². The van der Waals surface area contributed by atoms with E-state index in [1.54, 1.807) is 0 Å². The number of carboxylic acid groups (broad SMARTS) is 1. The Morgan fingerprint density at radius 3 is 2.33 bits per heavy atom. The second-order valence-corrected chi connectivity index (χ2v) is 11.4. The highest BCUT2D eigenvalue weighted by molar-refractivity contribution is 5.66. The van der Waals surface area contributed by atoms with Crippen molar-refractivity contribution in [3.63, 3.8) is 0 Å². The number of carboxylic acids is 1. The van der Waals surface area contributed by atoms with Gasteiger partial charge in [-0.1, -0.05) is 13.8 Å². The van der Waals surface area contributed by atoms with Crippen LogP contribution in [-0.2, 0) is 4.79 Å². The van der Waals surface area contributed by atoms with Crippen LogP contribution in [0, 0.1) is 40.4 Å². The fraction of sp³-hybridized carbons (Fsp3) is 0.958. The molecule has 11 atom stereocenters. The molecule has 4 fully saturated rings. The van der Waals surface area contributed by atoms with Gasteiger partial charge in [-0.3, -0.25) is 4.79 Å². The van der Waals surface area contributed by atoms with E-state index in [4.69, 9.17) is 5.11 Å². The summed E-state index contributed by atoms with van der Waals surface area (Å²) in [6, 6.07) is 0. The van der Waals surface area contributed by atoms with E-state index >= 15 is 0 Å². The van der Waals surface area contributed by atoms with Crippen LogP contribution in [0.15, 0.2) is 0 Å². The summed E-state index contributed by atoms with van der Waals surface area (Å²) < 4.78 is 0. The van der Waals surface area contributed by atoms with Gasteiger partial charge in [0.05, 0.1) is 24.4 Å². The lowest BCUT2D eigenvalue weighted by Gasteiger charge is -2.62. The minimum Gasteiger partial charge on any atom is -0.481 e. The van der Waals surface area contributed by atoms with Gasteiger partial charge < -0.3 is 25.5 Å². The quantitative estimate of drug-likeness (QED) is 0.463. The van der Waals surface area contributed by atoms with Crippen molar-refractivity contribution in [2.45, 2.75) is 102 Å². The molecule has 0 aromatic carbocycles. The van der Waals surface area contributed by atoms with Crippen molar-refractivity contribution in [3.05, 3.63) is 0 Å². The molecule has 0 amide bonds. The van der Waals surface area contributed by atoms with Gasteiger partial charge in [0.15, 0.2) is 0 Å². The van der Waals surface area contributed by atoms with Crippen LogP contribution in [0.4, 0.5) is 0 Å². The molecule has 4 saturated carbocycles. The maximum Gasteiger partial charge on any atom is 0.303 e. The van der Waals surface area contributed by atoms with E-state index in [1.165, 1.54) is 0 Å². The summed E-state index contributed by atoms with van der Waals surface area (Å²) in [6.07, 6.45) is 4.61. The van der Waals surface area contributed by atoms with Crippen LogP contribution in [0.5, 0.6) is 0 Å². The Bertz CT molecular complexity index is 654. The highest BCUT2D eigenvalue weighted by atomic mass is 16.4. The third-order valence-corrected chi connectivity index (χ3v) is 10.2. The maximum absolute atomic E-state index is 11.2. The Balaban J connectivity index is 1.53. The summed E-state index contributed by atoms with van der Waals surface area (Å²) >= 11 is 0. The molecule has 0 aromatic rings. The minimum absolute atomic E-state index is 0.0573. The first-order chi connectivity index (χ1) is 14.1. The van der Waals surface area contributed by atoms with Crippen molar-refractivity contribution in [1.82, 2.24) is 0 Å². The number of aliphatic carboxylic acids is 1. The third-order valence-electron chi connectivity index (χ3n) is 10.2. The molecule has 0 aliphatic heterocycles. The van der Waals surface area contributed by atoms with Gasteiger partial charge in [0.2, 0.25) is 0 Å². The van der Waals surface area contributed by atoms with Crippen LogP contribution >= 0.6 is 0 Å². The Labute approximate surface area is 179 Å². The van der Waals surface area contributed by atoms with Crippen LogP contribution in [-0.4, -0.2) is 55.9 Å². The lowest BCUT2D eigenvalue weighted by atomic mass is 9.44. The summed E-state index contributed by atoms with van der Waals surface area (Å²) in [5.41, 5.74) is 0.0330. The summed E-state index contributed by atoms with van der Waals surface area (Å²) in [5, 5.41) is 51.7. The predicted octanol–water partition coefficient (Wildman–Crippen LogP) is 2.56. The largest absolute Gasteiger partial charge is 0.481 e. The summed E-state index contributed by atoms with van der Waals surface area (Å²) in [7, 11) is 0. The monoisotopic (exact) mass is 424 g/mol.